The van der Waals surface area contributed by atoms with Crippen molar-refractivity contribution in [2.24, 2.45) is 0 Å². The second kappa shape index (κ2) is 7.83. The summed E-state index contributed by atoms with van der Waals surface area (Å²) in [4.78, 5) is 26.3. The zero-order chi connectivity index (χ0) is 19.7. The average Bonchev–Trinajstić information content (AvgIpc) is 3.13. The summed E-state index contributed by atoms with van der Waals surface area (Å²) in [5, 5.41) is 3.01. The van der Waals surface area contributed by atoms with E-state index >= 15 is 0 Å². The van der Waals surface area contributed by atoms with Gasteiger partial charge in [0.15, 0.2) is 11.5 Å². The first-order valence-electron chi connectivity index (χ1n) is 9.33. The molecule has 0 aromatic heterocycles. The molecule has 0 radical (unpaired) electrons. The van der Waals surface area contributed by atoms with Crippen LogP contribution in [0, 0.1) is 0 Å². The van der Waals surface area contributed by atoms with Gasteiger partial charge in [-0.15, -0.1) is 0 Å². The third-order valence-electron chi connectivity index (χ3n) is 4.99. The van der Waals surface area contributed by atoms with Gasteiger partial charge >= 0.3 is 0 Å². The van der Waals surface area contributed by atoms with Crippen LogP contribution in [0.5, 0.6) is 11.5 Å². The van der Waals surface area contributed by atoms with Crippen LogP contribution in [0.15, 0.2) is 40.9 Å². The van der Waals surface area contributed by atoms with Crippen molar-refractivity contribution in [3.8, 4) is 11.5 Å². The lowest BCUT2D eigenvalue weighted by Crippen LogP contribution is -2.27. The summed E-state index contributed by atoms with van der Waals surface area (Å²) in [6, 6.07) is 10.7. The fourth-order valence-corrected chi connectivity index (χ4v) is 4.15. The van der Waals surface area contributed by atoms with E-state index in [1.54, 1.807) is 17.0 Å². The largest absolute Gasteiger partial charge is 0.486 e. The Hall–Kier alpha value is -2.54. The zero-order valence-corrected chi connectivity index (χ0v) is 17.1. The summed E-state index contributed by atoms with van der Waals surface area (Å²) >= 11 is 3.55. The molecule has 1 atom stereocenters. The Labute approximate surface area is 171 Å². The molecule has 28 heavy (non-hydrogen) atoms. The van der Waals surface area contributed by atoms with Crippen molar-refractivity contribution in [2.75, 3.05) is 24.7 Å². The SMILES string of the molecule is CC(NC(=O)c1ccc(N2CCCC2=O)cc1)c1cc2c(cc1Br)OCCO2. The number of nitrogens with zero attached hydrogens (tertiary/aromatic N) is 1. The van der Waals surface area contributed by atoms with Gasteiger partial charge in [0.1, 0.15) is 13.2 Å². The summed E-state index contributed by atoms with van der Waals surface area (Å²) < 4.78 is 12.1. The predicted octanol–water partition coefficient (Wildman–Crippen LogP) is 3.84. The van der Waals surface area contributed by atoms with Crippen LogP contribution in [0.3, 0.4) is 0 Å². The molecule has 4 rings (SSSR count). The number of fused-ring (bicyclic) bond motifs is 1. The second-order valence-corrected chi connectivity index (χ2v) is 7.76. The van der Waals surface area contributed by atoms with Crippen molar-refractivity contribution in [3.05, 3.63) is 52.0 Å². The number of ether oxygens (including phenoxy) is 2. The average molecular weight is 445 g/mol. The van der Waals surface area contributed by atoms with Gasteiger partial charge < -0.3 is 19.7 Å². The van der Waals surface area contributed by atoms with E-state index in [0.29, 0.717) is 36.7 Å². The zero-order valence-electron chi connectivity index (χ0n) is 15.5. The molecule has 2 aromatic rings. The Morgan fingerprint density at radius 2 is 1.82 bits per heavy atom. The van der Waals surface area contributed by atoms with Crippen molar-refractivity contribution in [1.29, 1.82) is 0 Å². The molecule has 7 heteroatoms. The molecule has 1 saturated heterocycles. The third-order valence-corrected chi connectivity index (χ3v) is 5.68. The van der Waals surface area contributed by atoms with E-state index in [4.69, 9.17) is 9.47 Å². The molecule has 2 heterocycles. The van der Waals surface area contributed by atoms with E-state index in [2.05, 4.69) is 21.2 Å². The fourth-order valence-electron chi connectivity index (χ4n) is 3.48. The van der Waals surface area contributed by atoms with Gasteiger partial charge in [0.25, 0.3) is 5.91 Å². The highest BCUT2D eigenvalue weighted by Crippen LogP contribution is 2.37. The molecule has 146 valence electrons. The van der Waals surface area contributed by atoms with Crippen molar-refractivity contribution in [3.63, 3.8) is 0 Å². The van der Waals surface area contributed by atoms with Crippen LogP contribution in [0.25, 0.3) is 0 Å². The standard InChI is InChI=1S/C21H21BrN2O4/c1-13(16-11-18-19(12-17(16)22)28-10-9-27-18)23-21(26)14-4-6-15(7-5-14)24-8-2-3-20(24)25/h4-7,11-13H,2-3,8-10H2,1H3,(H,23,26). The quantitative estimate of drug-likeness (QED) is 0.777. The molecule has 1 N–H and O–H groups in total. The van der Waals surface area contributed by atoms with Gasteiger partial charge in [-0.3, -0.25) is 9.59 Å². The van der Waals surface area contributed by atoms with E-state index in [-0.39, 0.29) is 17.9 Å². The molecule has 0 saturated carbocycles. The molecular formula is C21H21BrN2O4. The fraction of sp³-hybridized carbons (Fsp3) is 0.333. The lowest BCUT2D eigenvalue weighted by molar-refractivity contribution is -0.117. The molecule has 2 aliphatic heterocycles. The number of halogens is 1. The van der Waals surface area contributed by atoms with Crippen molar-refractivity contribution >= 4 is 33.4 Å². The molecule has 2 aromatic carbocycles. The van der Waals surface area contributed by atoms with Gasteiger partial charge in [0.2, 0.25) is 5.91 Å². The van der Waals surface area contributed by atoms with Crippen LogP contribution < -0.4 is 19.7 Å². The third kappa shape index (κ3) is 3.71. The maximum atomic E-state index is 12.7. The highest BCUT2D eigenvalue weighted by atomic mass is 79.9. The molecule has 0 spiro atoms. The Balaban J connectivity index is 1.46. The van der Waals surface area contributed by atoms with Crippen LogP contribution in [0.1, 0.15) is 41.7 Å². The number of carbonyl (C=O) groups is 2. The van der Waals surface area contributed by atoms with Gasteiger partial charge in [-0.05, 0) is 55.3 Å². The van der Waals surface area contributed by atoms with E-state index in [1.165, 1.54) is 0 Å². The lowest BCUT2D eigenvalue weighted by atomic mass is 10.1. The number of amides is 2. The molecule has 0 aliphatic carbocycles. The van der Waals surface area contributed by atoms with Gasteiger partial charge in [-0.25, -0.2) is 0 Å². The number of carbonyl (C=O) groups excluding carboxylic acids is 2. The highest BCUT2D eigenvalue weighted by Gasteiger charge is 2.22. The minimum Gasteiger partial charge on any atom is -0.486 e. The summed E-state index contributed by atoms with van der Waals surface area (Å²) in [5.74, 6) is 1.35. The topological polar surface area (TPSA) is 67.9 Å². The predicted molar refractivity (Wildman–Crippen MR) is 109 cm³/mol. The van der Waals surface area contributed by atoms with Gasteiger partial charge in [-0.1, -0.05) is 15.9 Å². The second-order valence-electron chi connectivity index (χ2n) is 6.91. The monoisotopic (exact) mass is 444 g/mol. The summed E-state index contributed by atoms with van der Waals surface area (Å²) in [7, 11) is 0. The van der Waals surface area contributed by atoms with Gasteiger partial charge in [0.05, 0.1) is 6.04 Å². The van der Waals surface area contributed by atoms with E-state index in [1.807, 2.05) is 31.2 Å². The number of hydrogen-bond donors (Lipinski definition) is 1. The van der Waals surface area contributed by atoms with Crippen molar-refractivity contribution in [2.45, 2.75) is 25.8 Å². The van der Waals surface area contributed by atoms with E-state index < -0.39 is 0 Å². The highest BCUT2D eigenvalue weighted by molar-refractivity contribution is 9.10. The van der Waals surface area contributed by atoms with E-state index in [9.17, 15) is 9.59 Å². The van der Waals surface area contributed by atoms with Crippen LogP contribution in [-0.2, 0) is 4.79 Å². The molecule has 2 aliphatic rings. The molecular weight excluding hydrogens is 424 g/mol. The summed E-state index contributed by atoms with van der Waals surface area (Å²) in [6.07, 6.45) is 1.47. The first-order valence-corrected chi connectivity index (χ1v) is 10.1. The molecule has 1 fully saturated rings. The van der Waals surface area contributed by atoms with Crippen LogP contribution in [-0.4, -0.2) is 31.6 Å². The summed E-state index contributed by atoms with van der Waals surface area (Å²) in [5.41, 5.74) is 2.30. The maximum absolute atomic E-state index is 12.7. The molecule has 2 amide bonds. The number of rotatable bonds is 4. The first kappa shape index (κ1) is 18.8. The Bertz CT molecular complexity index is 913. The number of anilines is 1. The van der Waals surface area contributed by atoms with Crippen molar-refractivity contribution < 1.29 is 19.1 Å². The number of nitrogens with one attached hydrogen (secondary N) is 1. The van der Waals surface area contributed by atoms with Crippen LogP contribution in [0.2, 0.25) is 0 Å². The normalized spacial score (nSPS) is 16.8. The first-order chi connectivity index (χ1) is 13.5. The van der Waals surface area contributed by atoms with Crippen molar-refractivity contribution in [1.82, 2.24) is 5.32 Å². The van der Waals surface area contributed by atoms with Crippen LogP contribution in [0.4, 0.5) is 5.69 Å². The minimum atomic E-state index is -0.225. The summed E-state index contributed by atoms with van der Waals surface area (Å²) in [6.45, 7) is 3.70. The Kier molecular flexibility index (Phi) is 5.26. The molecule has 6 nitrogen and oxygen atoms in total. The van der Waals surface area contributed by atoms with Crippen LogP contribution >= 0.6 is 15.9 Å². The smallest absolute Gasteiger partial charge is 0.251 e. The van der Waals surface area contributed by atoms with E-state index in [0.717, 1.165) is 28.7 Å². The minimum absolute atomic E-state index is 0.134. The number of hydrogen-bond acceptors (Lipinski definition) is 4. The Morgan fingerprint density at radius 1 is 1.14 bits per heavy atom. The molecule has 0 bridgehead atoms. The lowest BCUT2D eigenvalue weighted by Gasteiger charge is -2.22. The Morgan fingerprint density at radius 3 is 2.46 bits per heavy atom. The molecule has 1 unspecified atom stereocenters. The van der Waals surface area contributed by atoms with Gasteiger partial charge in [-0.2, -0.15) is 0 Å². The number of benzene rings is 2. The maximum Gasteiger partial charge on any atom is 0.251 e. The van der Waals surface area contributed by atoms with Gasteiger partial charge in [0, 0.05) is 28.7 Å².